The largest absolute Gasteiger partial charge is 0.320 e. The Labute approximate surface area is 129 Å². The molecule has 0 spiro atoms. The number of hydrogen-bond acceptors (Lipinski definition) is 1. The van der Waals surface area contributed by atoms with Gasteiger partial charge in [0, 0.05) is 15.6 Å². The second-order valence-electron chi connectivity index (χ2n) is 4.02. The molecule has 2 aromatic carbocycles. The highest BCUT2D eigenvalue weighted by molar-refractivity contribution is 9.10. The molecule has 0 radical (unpaired) electrons. The lowest BCUT2D eigenvalue weighted by Gasteiger charge is -2.17. The van der Waals surface area contributed by atoms with Crippen LogP contribution in [-0.2, 0) is 0 Å². The van der Waals surface area contributed by atoms with Gasteiger partial charge in [0.2, 0.25) is 0 Å². The molecule has 0 heterocycles. The first-order valence-electron chi connectivity index (χ1n) is 5.36. The molecule has 0 aliphatic carbocycles. The molecule has 106 valence electrons. The molecule has 0 aromatic heterocycles. The molecule has 2 rings (SSSR count). The van der Waals surface area contributed by atoms with E-state index in [4.69, 9.17) is 5.73 Å². The lowest BCUT2D eigenvalue weighted by molar-refractivity contribution is 0.508. The summed E-state index contributed by atoms with van der Waals surface area (Å²) in [6, 6.07) is 2.48. The first-order valence-corrected chi connectivity index (χ1v) is 6.95. The van der Waals surface area contributed by atoms with E-state index in [0.717, 1.165) is 24.3 Å². The third kappa shape index (κ3) is 2.75. The van der Waals surface area contributed by atoms with E-state index in [-0.39, 0.29) is 8.95 Å². The smallest absolute Gasteiger partial charge is 0.145 e. The standard InChI is InChI=1S/C13H7Br2F4N/c14-5-3-8(17)10(9(18)4-5)13(20)11-7(16)2-1-6(15)12(11)19/h1-4,13H,20H2. The van der Waals surface area contributed by atoms with Crippen LogP contribution in [0.25, 0.3) is 0 Å². The maximum absolute atomic E-state index is 13.9. The summed E-state index contributed by atoms with van der Waals surface area (Å²) in [6.45, 7) is 0. The van der Waals surface area contributed by atoms with E-state index in [1.807, 2.05) is 0 Å². The lowest BCUT2D eigenvalue weighted by Crippen LogP contribution is -2.19. The predicted octanol–water partition coefficient (Wildman–Crippen LogP) is 4.82. The summed E-state index contributed by atoms with van der Waals surface area (Å²) < 4.78 is 55.4. The molecule has 20 heavy (non-hydrogen) atoms. The topological polar surface area (TPSA) is 26.0 Å². The Morgan fingerprint density at radius 3 is 1.95 bits per heavy atom. The number of nitrogens with two attached hydrogens (primary N) is 1. The van der Waals surface area contributed by atoms with Gasteiger partial charge in [0.05, 0.1) is 10.5 Å². The highest BCUT2D eigenvalue weighted by atomic mass is 79.9. The van der Waals surface area contributed by atoms with Crippen molar-refractivity contribution in [1.82, 2.24) is 0 Å². The lowest BCUT2D eigenvalue weighted by atomic mass is 9.97. The van der Waals surface area contributed by atoms with Gasteiger partial charge in [0.1, 0.15) is 23.3 Å². The molecule has 0 aliphatic heterocycles. The molecule has 1 atom stereocenters. The van der Waals surface area contributed by atoms with Crippen LogP contribution in [0.3, 0.4) is 0 Å². The van der Waals surface area contributed by atoms with Crippen LogP contribution in [0.4, 0.5) is 17.6 Å². The molecule has 0 saturated heterocycles. The SMILES string of the molecule is NC(c1c(F)cc(Br)cc1F)c1c(F)ccc(Br)c1F. The summed E-state index contributed by atoms with van der Waals surface area (Å²) >= 11 is 5.79. The van der Waals surface area contributed by atoms with Gasteiger partial charge in [-0.15, -0.1) is 0 Å². The van der Waals surface area contributed by atoms with Crippen molar-refractivity contribution in [2.75, 3.05) is 0 Å². The van der Waals surface area contributed by atoms with Crippen LogP contribution in [0.5, 0.6) is 0 Å². The summed E-state index contributed by atoms with van der Waals surface area (Å²) in [7, 11) is 0. The summed E-state index contributed by atoms with van der Waals surface area (Å²) in [4.78, 5) is 0. The first-order chi connectivity index (χ1) is 9.32. The Morgan fingerprint density at radius 2 is 1.40 bits per heavy atom. The van der Waals surface area contributed by atoms with Gasteiger partial charge < -0.3 is 5.73 Å². The molecule has 0 aliphatic rings. The fourth-order valence-corrected chi connectivity index (χ4v) is 2.57. The van der Waals surface area contributed by atoms with Gasteiger partial charge in [-0.25, -0.2) is 17.6 Å². The van der Waals surface area contributed by atoms with Crippen molar-refractivity contribution in [3.05, 3.63) is 67.6 Å². The van der Waals surface area contributed by atoms with Crippen molar-refractivity contribution in [3.8, 4) is 0 Å². The zero-order chi connectivity index (χ0) is 15.0. The Kier molecular flexibility index (Phi) is 4.51. The van der Waals surface area contributed by atoms with Crippen LogP contribution >= 0.6 is 31.9 Å². The zero-order valence-corrected chi connectivity index (χ0v) is 12.9. The maximum atomic E-state index is 13.9. The van der Waals surface area contributed by atoms with Crippen LogP contribution in [0.1, 0.15) is 17.2 Å². The van der Waals surface area contributed by atoms with E-state index in [0.29, 0.717) is 0 Å². The van der Waals surface area contributed by atoms with Crippen LogP contribution in [0, 0.1) is 23.3 Å². The minimum atomic E-state index is -1.60. The zero-order valence-electron chi connectivity index (χ0n) is 9.73. The van der Waals surface area contributed by atoms with Crippen molar-refractivity contribution in [1.29, 1.82) is 0 Å². The van der Waals surface area contributed by atoms with Crippen molar-refractivity contribution in [2.45, 2.75) is 6.04 Å². The molecule has 1 nitrogen and oxygen atoms in total. The highest BCUT2D eigenvalue weighted by Crippen LogP contribution is 2.32. The van der Waals surface area contributed by atoms with Crippen molar-refractivity contribution >= 4 is 31.9 Å². The molecular formula is C13H7Br2F4N. The monoisotopic (exact) mass is 411 g/mol. The number of benzene rings is 2. The van der Waals surface area contributed by atoms with Gasteiger partial charge in [-0.05, 0) is 40.2 Å². The van der Waals surface area contributed by atoms with Crippen LogP contribution in [0.15, 0.2) is 33.2 Å². The molecular weight excluding hydrogens is 406 g/mol. The number of halogens is 6. The third-order valence-corrected chi connectivity index (χ3v) is 3.82. The minimum Gasteiger partial charge on any atom is -0.320 e. The van der Waals surface area contributed by atoms with E-state index in [2.05, 4.69) is 31.9 Å². The van der Waals surface area contributed by atoms with Crippen molar-refractivity contribution in [3.63, 3.8) is 0 Å². The van der Waals surface area contributed by atoms with Gasteiger partial charge in [-0.3, -0.25) is 0 Å². The summed E-state index contributed by atoms with van der Waals surface area (Å²) in [5, 5.41) is 0. The van der Waals surface area contributed by atoms with Crippen LogP contribution < -0.4 is 5.73 Å². The van der Waals surface area contributed by atoms with Crippen LogP contribution in [-0.4, -0.2) is 0 Å². The van der Waals surface area contributed by atoms with Gasteiger partial charge in [-0.2, -0.15) is 0 Å². The minimum absolute atomic E-state index is 0.0396. The third-order valence-electron chi connectivity index (χ3n) is 2.75. The van der Waals surface area contributed by atoms with Gasteiger partial charge in [0.25, 0.3) is 0 Å². The van der Waals surface area contributed by atoms with Gasteiger partial charge in [-0.1, -0.05) is 15.9 Å². The quantitative estimate of drug-likeness (QED) is 0.555. The predicted molar refractivity (Wildman–Crippen MR) is 74.1 cm³/mol. The Balaban J connectivity index is 2.64. The molecule has 2 aromatic rings. The number of rotatable bonds is 2. The van der Waals surface area contributed by atoms with E-state index >= 15 is 0 Å². The molecule has 0 fully saturated rings. The normalized spacial score (nSPS) is 12.6. The fourth-order valence-electron chi connectivity index (χ4n) is 1.82. The molecule has 1 unspecified atom stereocenters. The molecule has 0 saturated carbocycles. The highest BCUT2D eigenvalue weighted by Gasteiger charge is 2.25. The summed E-state index contributed by atoms with van der Waals surface area (Å²) in [5.74, 6) is -3.93. The van der Waals surface area contributed by atoms with Crippen LogP contribution in [0.2, 0.25) is 0 Å². The number of hydrogen-bond donors (Lipinski definition) is 1. The molecule has 2 N–H and O–H groups in total. The van der Waals surface area contributed by atoms with E-state index in [1.54, 1.807) is 0 Å². The van der Waals surface area contributed by atoms with Crippen molar-refractivity contribution in [2.24, 2.45) is 5.73 Å². The molecule has 0 amide bonds. The molecule has 0 bridgehead atoms. The Morgan fingerprint density at radius 1 is 0.850 bits per heavy atom. The van der Waals surface area contributed by atoms with E-state index in [1.165, 1.54) is 0 Å². The average molecular weight is 413 g/mol. The van der Waals surface area contributed by atoms with Gasteiger partial charge in [0.15, 0.2) is 0 Å². The second-order valence-corrected chi connectivity index (χ2v) is 5.79. The maximum Gasteiger partial charge on any atom is 0.145 e. The summed E-state index contributed by atoms with van der Waals surface area (Å²) in [6.07, 6.45) is 0. The molecule has 7 heteroatoms. The van der Waals surface area contributed by atoms with Crippen molar-refractivity contribution < 1.29 is 17.6 Å². The van der Waals surface area contributed by atoms with E-state index < -0.39 is 40.4 Å². The Bertz CT molecular complexity index is 653. The second kappa shape index (κ2) is 5.83. The fraction of sp³-hybridized carbons (Fsp3) is 0.0769. The summed E-state index contributed by atoms with van der Waals surface area (Å²) in [5.41, 5.74) is 4.45. The average Bonchev–Trinajstić information content (AvgIpc) is 2.33. The first kappa shape index (κ1) is 15.5. The Hall–Kier alpha value is -0.920. The van der Waals surface area contributed by atoms with Gasteiger partial charge >= 0.3 is 0 Å². The van der Waals surface area contributed by atoms with E-state index in [9.17, 15) is 17.6 Å².